The minimum absolute atomic E-state index is 0.0939. The monoisotopic (exact) mass is 390 g/mol. The molecule has 0 aromatic carbocycles. The van der Waals surface area contributed by atoms with Gasteiger partial charge in [0.15, 0.2) is 5.82 Å². The smallest absolute Gasteiger partial charge is 0.226 e. The standard InChI is InChI=1S/C21H34N4O3/c1-21(2,3)20-22-17(28-23-20)8-7-9-18(26)24-14-10-16(11-15-24)19(27)25-12-5-4-6-13-25/h16H,4-15H2,1-3H3. The summed E-state index contributed by atoms with van der Waals surface area (Å²) >= 11 is 0. The lowest BCUT2D eigenvalue weighted by molar-refractivity contribution is -0.141. The fourth-order valence-corrected chi connectivity index (χ4v) is 3.96. The highest BCUT2D eigenvalue weighted by molar-refractivity contribution is 5.80. The van der Waals surface area contributed by atoms with Crippen LogP contribution in [0.25, 0.3) is 0 Å². The number of hydrogen-bond acceptors (Lipinski definition) is 5. The van der Waals surface area contributed by atoms with E-state index < -0.39 is 0 Å². The predicted molar refractivity (Wildman–Crippen MR) is 106 cm³/mol. The number of aryl methyl sites for hydroxylation is 1. The van der Waals surface area contributed by atoms with Crippen LogP contribution in [0.1, 0.15) is 77.4 Å². The SMILES string of the molecule is CC(C)(C)c1noc(CCCC(=O)N2CCC(C(=O)N3CCCCC3)CC2)n1. The normalized spacial score (nSPS) is 19.1. The predicted octanol–water partition coefficient (Wildman–Crippen LogP) is 2.94. The first-order valence-corrected chi connectivity index (χ1v) is 10.7. The summed E-state index contributed by atoms with van der Waals surface area (Å²) in [5.41, 5.74) is -0.131. The third kappa shape index (κ3) is 5.32. The van der Waals surface area contributed by atoms with Gasteiger partial charge in [-0.1, -0.05) is 25.9 Å². The largest absolute Gasteiger partial charge is 0.343 e. The molecule has 0 bridgehead atoms. The summed E-state index contributed by atoms with van der Waals surface area (Å²) in [6.45, 7) is 9.34. The van der Waals surface area contributed by atoms with Crippen molar-refractivity contribution >= 4 is 11.8 Å². The van der Waals surface area contributed by atoms with Gasteiger partial charge in [0, 0.05) is 50.4 Å². The van der Waals surface area contributed by atoms with Gasteiger partial charge in [-0.2, -0.15) is 4.98 Å². The van der Waals surface area contributed by atoms with Crippen LogP contribution in [0.3, 0.4) is 0 Å². The second kappa shape index (κ2) is 9.05. The number of nitrogens with zero attached hydrogens (tertiary/aromatic N) is 4. The topological polar surface area (TPSA) is 79.5 Å². The molecule has 0 saturated carbocycles. The highest BCUT2D eigenvalue weighted by Crippen LogP contribution is 2.23. The molecule has 0 aliphatic carbocycles. The second-order valence-corrected chi connectivity index (χ2v) is 9.16. The number of likely N-dealkylation sites (tertiary alicyclic amines) is 2. The minimum Gasteiger partial charge on any atom is -0.343 e. The Kier molecular flexibility index (Phi) is 6.73. The molecule has 2 amide bonds. The quantitative estimate of drug-likeness (QED) is 0.772. The van der Waals surface area contributed by atoms with Crippen LogP contribution in [-0.4, -0.2) is 57.9 Å². The molecule has 28 heavy (non-hydrogen) atoms. The summed E-state index contributed by atoms with van der Waals surface area (Å²) in [6.07, 6.45) is 6.88. The summed E-state index contributed by atoms with van der Waals surface area (Å²) in [5.74, 6) is 1.87. The molecule has 1 aromatic heterocycles. The molecule has 2 fully saturated rings. The number of amides is 2. The zero-order valence-electron chi connectivity index (χ0n) is 17.6. The summed E-state index contributed by atoms with van der Waals surface area (Å²) < 4.78 is 5.29. The number of piperidine rings is 2. The Morgan fingerprint density at radius 3 is 2.32 bits per heavy atom. The van der Waals surface area contributed by atoms with Gasteiger partial charge in [0.2, 0.25) is 17.7 Å². The van der Waals surface area contributed by atoms with Gasteiger partial charge in [0.25, 0.3) is 0 Å². The zero-order chi connectivity index (χ0) is 20.1. The average Bonchev–Trinajstić information content (AvgIpc) is 3.17. The summed E-state index contributed by atoms with van der Waals surface area (Å²) in [6, 6.07) is 0. The Morgan fingerprint density at radius 1 is 1.04 bits per heavy atom. The molecule has 0 spiro atoms. The number of hydrogen-bond donors (Lipinski definition) is 0. The fourth-order valence-electron chi connectivity index (χ4n) is 3.96. The van der Waals surface area contributed by atoms with E-state index in [4.69, 9.17) is 4.52 Å². The van der Waals surface area contributed by atoms with Crippen LogP contribution in [0.15, 0.2) is 4.52 Å². The van der Waals surface area contributed by atoms with E-state index in [0.29, 0.717) is 50.0 Å². The van der Waals surface area contributed by atoms with Crippen molar-refractivity contribution in [2.24, 2.45) is 5.92 Å². The number of rotatable bonds is 5. The van der Waals surface area contributed by atoms with Crippen molar-refractivity contribution in [3.63, 3.8) is 0 Å². The molecule has 7 nitrogen and oxygen atoms in total. The molecule has 2 aliphatic heterocycles. The van der Waals surface area contributed by atoms with Gasteiger partial charge in [0.05, 0.1) is 0 Å². The van der Waals surface area contributed by atoms with Crippen molar-refractivity contribution in [1.82, 2.24) is 19.9 Å². The van der Waals surface area contributed by atoms with Gasteiger partial charge in [-0.15, -0.1) is 0 Å². The maximum absolute atomic E-state index is 12.6. The summed E-state index contributed by atoms with van der Waals surface area (Å²) in [4.78, 5) is 33.5. The van der Waals surface area contributed by atoms with Crippen LogP contribution in [0.4, 0.5) is 0 Å². The highest BCUT2D eigenvalue weighted by atomic mass is 16.5. The maximum atomic E-state index is 12.6. The van der Waals surface area contributed by atoms with Crippen molar-refractivity contribution in [3.05, 3.63) is 11.7 Å². The lowest BCUT2D eigenvalue weighted by Crippen LogP contribution is -2.45. The van der Waals surface area contributed by atoms with Crippen molar-refractivity contribution in [2.75, 3.05) is 26.2 Å². The first-order valence-electron chi connectivity index (χ1n) is 10.7. The lowest BCUT2D eigenvalue weighted by atomic mass is 9.94. The molecule has 0 unspecified atom stereocenters. The summed E-state index contributed by atoms with van der Waals surface area (Å²) in [7, 11) is 0. The minimum atomic E-state index is -0.131. The molecule has 2 aliphatic rings. The number of carbonyl (C=O) groups is 2. The van der Waals surface area contributed by atoms with Gasteiger partial charge >= 0.3 is 0 Å². The first-order chi connectivity index (χ1) is 13.3. The number of carbonyl (C=O) groups excluding carboxylic acids is 2. The van der Waals surface area contributed by atoms with Gasteiger partial charge in [-0.25, -0.2) is 0 Å². The molecule has 7 heteroatoms. The van der Waals surface area contributed by atoms with Crippen LogP contribution in [0.2, 0.25) is 0 Å². The molecule has 3 rings (SSSR count). The third-order valence-corrected chi connectivity index (χ3v) is 5.78. The molecule has 1 aromatic rings. The Balaban J connectivity index is 1.38. The van der Waals surface area contributed by atoms with E-state index in [1.54, 1.807) is 0 Å². The van der Waals surface area contributed by atoms with Gasteiger partial charge in [-0.3, -0.25) is 9.59 Å². The van der Waals surface area contributed by atoms with Crippen LogP contribution >= 0.6 is 0 Å². The maximum Gasteiger partial charge on any atom is 0.226 e. The zero-order valence-corrected chi connectivity index (χ0v) is 17.6. The van der Waals surface area contributed by atoms with Crippen molar-refractivity contribution in [1.29, 1.82) is 0 Å². The van der Waals surface area contributed by atoms with E-state index >= 15 is 0 Å². The average molecular weight is 391 g/mol. The van der Waals surface area contributed by atoms with E-state index in [1.165, 1.54) is 6.42 Å². The van der Waals surface area contributed by atoms with Crippen molar-refractivity contribution in [3.8, 4) is 0 Å². The first kappa shape index (κ1) is 20.8. The molecular weight excluding hydrogens is 356 g/mol. The Bertz CT molecular complexity index is 665. The molecule has 0 N–H and O–H groups in total. The van der Waals surface area contributed by atoms with E-state index in [9.17, 15) is 9.59 Å². The molecule has 0 radical (unpaired) electrons. The van der Waals surface area contributed by atoms with Gasteiger partial charge in [-0.05, 0) is 38.5 Å². The number of aromatic nitrogens is 2. The van der Waals surface area contributed by atoms with Crippen LogP contribution in [-0.2, 0) is 21.4 Å². The van der Waals surface area contributed by atoms with Crippen LogP contribution < -0.4 is 0 Å². The third-order valence-electron chi connectivity index (χ3n) is 5.78. The Hall–Kier alpha value is -1.92. The molecular formula is C21H34N4O3. The molecule has 3 heterocycles. The fraction of sp³-hybridized carbons (Fsp3) is 0.810. The van der Waals surface area contributed by atoms with Crippen LogP contribution in [0.5, 0.6) is 0 Å². The van der Waals surface area contributed by atoms with Crippen LogP contribution in [0, 0.1) is 5.92 Å². The molecule has 0 atom stereocenters. The molecule has 2 saturated heterocycles. The lowest BCUT2D eigenvalue weighted by Gasteiger charge is -2.35. The highest BCUT2D eigenvalue weighted by Gasteiger charge is 2.30. The van der Waals surface area contributed by atoms with Gasteiger partial charge in [0.1, 0.15) is 0 Å². The summed E-state index contributed by atoms with van der Waals surface area (Å²) in [5, 5.41) is 4.02. The molecule has 156 valence electrons. The Morgan fingerprint density at radius 2 is 1.71 bits per heavy atom. The van der Waals surface area contributed by atoms with Crippen molar-refractivity contribution in [2.45, 2.75) is 77.6 Å². The van der Waals surface area contributed by atoms with Gasteiger partial charge < -0.3 is 14.3 Å². The van der Waals surface area contributed by atoms with Crippen molar-refractivity contribution < 1.29 is 14.1 Å². The van der Waals surface area contributed by atoms with E-state index in [2.05, 4.69) is 10.1 Å². The second-order valence-electron chi connectivity index (χ2n) is 9.16. The van der Waals surface area contributed by atoms with E-state index in [1.807, 2.05) is 30.6 Å². The van der Waals surface area contributed by atoms with E-state index in [-0.39, 0.29) is 17.2 Å². The Labute approximate surface area is 167 Å². The van der Waals surface area contributed by atoms with E-state index in [0.717, 1.165) is 38.8 Å².